The van der Waals surface area contributed by atoms with E-state index in [0.29, 0.717) is 22.5 Å². The van der Waals surface area contributed by atoms with Gasteiger partial charge in [-0.3, -0.25) is 9.97 Å². The molecule has 7 heteroatoms. The Morgan fingerprint density at radius 3 is 2.82 bits per heavy atom. The molecule has 4 rings (SSSR count). The van der Waals surface area contributed by atoms with Crippen molar-refractivity contribution in [1.29, 1.82) is 5.26 Å². The highest BCUT2D eigenvalue weighted by Crippen LogP contribution is 2.28. The highest BCUT2D eigenvalue weighted by Gasteiger charge is 2.20. The number of nitrogens with zero attached hydrogens (tertiary/aromatic N) is 5. The van der Waals surface area contributed by atoms with Crippen molar-refractivity contribution in [1.82, 2.24) is 15.0 Å². The van der Waals surface area contributed by atoms with Gasteiger partial charge in [-0.2, -0.15) is 5.26 Å². The van der Waals surface area contributed by atoms with E-state index in [2.05, 4.69) is 20.3 Å². The fraction of sp³-hybridized carbons (Fsp3) is 0.238. The number of hydrogen-bond donors (Lipinski definition) is 1. The van der Waals surface area contributed by atoms with Crippen molar-refractivity contribution >= 4 is 17.2 Å². The monoisotopic (exact) mass is 378 g/mol. The Kier molecular flexibility index (Phi) is 3.52. The zero-order chi connectivity index (χ0) is 23.3. The van der Waals surface area contributed by atoms with Gasteiger partial charge in [0.1, 0.15) is 11.9 Å². The maximum atomic E-state index is 14.1. The smallest absolute Gasteiger partial charge is 0.164 e. The number of halogens is 1. The van der Waals surface area contributed by atoms with E-state index in [1.807, 2.05) is 6.07 Å². The van der Waals surface area contributed by atoms with E-state index in [-0.39, 0.29) is 29.2 Å². The molecule has 140 valence electrons. The molecule has 0 saturated carbocycles. The molecule has 0 atom stereocenters. The van der Waals surface area contributed by atoms with Gasteiger partial charge in [0.25, 0.3) is 0 Å². The molecule has 1 aliphatic rings. The van der Waals surface area contributed by atoms with Crippen molar-refractivity contribution in [3.63, 3.8) is 0 Å². The fourth-order valence-electron chi connectivity index (χ4n) is 2.90. The molecular formula is C21H19FN6. The van der Waals surface area contributed by atoms with E-state index < -0.39 is 18.8 Å². The minimum atomic E-state index is -2.32. The number of aromatic nitrogens is 3. The minimum Gasteiger partial charge on any atom is -0.352 e. The van der Waals surface area contributed by atoms with Gasteiger partial charge in [-0.25, -0.2) is 9.37 Å². The molecule has 0 bridgehead atoms. The molecule has 1 N–H and O–H groups in total. The van der Waals surface area contributed by atoms with Gasteiger partial charge in [0.05, 0.1) is 32.1 Å². The van der Waals surface area contributed by atoms with Crippen molar-refractivity contribution in [2.24, 2.45) is 0 Å². The first-order valence-corrected chi connectivity index (χ1v) is 8.58. The second kappa shape index (κ2) is 7.24. The molecule has 3 aromatic heterocycles. The lowest BCUT2D eigenvalue weighted by molar-refractivity contribution is 0.624. The van der Waals surface area contributed by atoms with Crippen LogP contribution in [-0.2, 0) is 12.9 Å². The molecule has 3 aromatic rings. The topological polar surface area (TPSA) is 77.7 Å². The van der Waals surface area contributed by atoms with Crippen LogP contribution >= 0.6 is 0 Å². The molecule has 0 aliphatic carbocycles. The molecule has 0 saturated heterocycles. The van der Waals surface area contributed by atoms with Crippen LogP contribution in [0.25, 0.3) is 0 Å². The summed E-state index contributed by atoms with van der Waals surface area (Å²) in [6.45, 7) is -1.07. The summed E-state index contributed by atoms with van der Waals surface area (Å²) in [5.41, 5.74) is 2.31. The first-order valence-electron chi connectivity index (χ1n) is 10.6. The lowest BCUT2D eigenvalue weighted by Crippen LogP contribution is -2.32. The number of rotatable bonds is 3. The van der Waals surface area contributed by atoms with Gasteiger partial charge in [0.2, 0.25) is 0 Å². The van der Waals surface area contributed by atoms with Crippen LogP contribution in [0, 0.1) is 31.0 Å². The van der Waals surface area contributed by atoms with Gasteiger partial charge in [0.15, 0.2) is 5.82 Å². The van der Waals surface area contributed by atoms with Crippen LogP contribution in [0.5, 0.6) is 0 Å². The summed E-state index contributed by atoms with van der Waals surface area (Å²) in [5.74, 6) is -0.467. The summed E-state index contributed by atoms with van der Waals surface area (Å²) in [7, 11) is 0. The first kappa shape index (κ1) is 13.6. The standard InChI is InChI=1S/C21H19FN6/c1-13-5-15(8-23)9-26-21(13)28-4-3-19-16(12-28)7-17(10-25-19)27-20-6-14(2)24-11-18(20)22/h5-7,9-11H,3-4,12H2,1-2H3,(H,24,27)/i4D2,12D2. The zero-order valence-corrected chi connectivity index (χ0v) is 15.3. The van der Waals surface area contributed by atoms with Crippen molar-refractivity contribution in [3.05, 3.63) is 70.7 Å². The van der Waals surface area contributed by atoms with Crippen molar-refractivity contribution in [2.75, 3.05) is 16.7 Å². The van der Waals surface area contributed by atoms with Gasteiger partial charge in [-0.1, -0.05) is 0 Å². The van der Waals surface area contributed by atoms with Crippen LogP contribution in [0.4, 0.5) is 21.6 Å². The van der Waals surface area contributed by atoms with Gasteiger partial charge in [-0.15, -0.1) is 0 Å². The second-order valence-electron chi connectivity index (χ2n) is 6.41. The average molecular weight is 378 g/mol. The number of pyridine rings is 3. The normalized spacial score (nSPS) is 18.7. The molecule has 1 aliphatic heterocycles. The van der Waals surface area contributed by atoms with Gasteiger partial charge in [-0.05, 0) is 43.2 Å². The molecule has 0 unspecified atom stereocenters. The van der Waals surface area contributed by atoms with E-state index in [4.69, 9.17) is 10.7 Å². The fourth-order valence-corrected chi connectivity index (χ4v) is 2.90. The maximum Gasteiger partial charge on any atom is 0.164 e. The summed E-state index contributed by atoms with van der Waals surface area (Å²) in [6.07, 6.45) is 3.63. The van der Waals surface area contributed by atoms with Crippen LogP contribution in [0.1, 0.15) is 33.6 Å². The third-order valence-electron chi connectivity index (χ3n) is 4.27. The highest BCUT2D eigenvalue weighted by molar-refractivity contribution is 5.61. The Balaban J connectivity index is 1.79. The predicted octanol–water partition coefficient (Wildman–Crippen LogP) is 3.81. The summed E-state index contributed by atoms with van der Waals surface area (Å²) in [4.78, 5) is 13.3. The summed E-state index contributed by atoms with van der Waals surface area (Å²) >= 11 is 0. The molecule has 6 nitrogen and oxygen atoms in total. The molecule has 0 radical (unpaired) electrons. The Labute approximate surface area is 168 Å². The highest BCUT2D eigenvalue weighted by atomic mass is 19.1. The number of nitrogens with one attached hydrogen (secondary N) is 1. The predicted molar refractivity (Wildman–Crippen MR) is 105 cm³/mol. The van der Waals surface area contributed by atoms with E-state index in [0.717, 1.165) is 11.1 Å². The van der Waals surface area contributed by atoms with Crippen molar-refractivity contribution in [2.45, 2.75) is 26.8 Å². The van der Waals surface area contributed by atoms with Gasteiger partial charge >= 0.3 is 0 Å². The SMILES string of the molecule is [2H]C1([2H])Cc2ncc(Nc3cc(C)ncc3F)cc2C([2H])([2H])N1c1ncc(C#N)cc1C. The van der Waals surface area contributed by atoms with E-state index in [1.54, 1.807) is 13.8 Å². The molecule has 4 heterocycles. The largest absolute Gasteiger partial charge is 0.352 e. The number of anilines is 3. The van der Waals surface area contributed by atoms with Crippen LogP contribution < -0.4 is 10.2 Å². The first-order chi connectivity index (χ1) is 15.0. The maximum absolute atomic E-state index is 14.1. The number of aryl methyl sites for hydroxylation is 3. The molecule has 0 fully saturated rings. The Morgan fingerprint density at radius 2 is 2.04 bits per heavy atom. The molecule has 28 heavy (non-hydrogen) atoms. The number of nitriles is 1. The minimum absolute atomic E-state index is 0.0961. The van der Waals surface area contributed by atoms with Crippen LogP contribution in [0.15, 0.2) is 36.8 Å². The van der Waals surface area contributed by atoms with E-state index >= 15 is 0 Å². The average Bonchev–Trinajstić information content (AvgIpc) is 2.71. The molecule has 0 amide bonds. The van der Waals surface area contributed by atoms with Gasteiger partial charge in [0, 0.05) is 39.7 Å². The Morgan fingerprint density at radius 1 is 1.18 bits per heavy atom. The summed E-state index contributed by atoms with van der Waals surface area (Å²) in [5, 5.41) is 12.0. The van der Waals surface area contributed by atoms with Crippen LogP contribution in [-0.4, -0.2) is 21.4 Å². The zero-order valence-electron chi connectivity index (χ0n) is 19.3. The number of fused-ring (bicyclic) bond motifs is 1. The molecular weight excluding hydrogens is 355 g/mol. The van der Waals surface area contributed by atoms with Gasteiger partial charge < -0.3 is 10.2 Å². The summed E-state index contributed by atoms with van der Waals surface area (Å²) in [6, 6.07) is 6.53. The van der Waals surface area contributed by atoms with Crippen LogP contribution in [0.3, 0.4) is 0 Å². The lowest BCUT2D eigenvalue weighted by Gasteiger charge is -2.30. The summed E-state index contributed by atoms with van der Waals surface area (Å²) < 4.78 is 48.8. The third kappa shape index (κ3) is 3.49. The lowest BCUT2D eigenvalue weighted by atomic mass is 10.0. The van der Waals surface area contributed by atoms with Crippen molar-refractivity contribution < 1.29 is 9.87 Å². The second-order valence-corrected chi connectivity index (χ2v) is 6.41. The van der Waals surface area contributed by atoms with Crippen molar-refractivity contribution in [3.8, 4) is 6.07 Å². The Hall–Kier alpha value is -3.53. The van der Waals surface area contributed by atoms with E-state index in [9.17, 15) is 4.39 Å². The van der Waals surface area contributed by atoms with E-state index in [1.165, 1.54) is 30.6 Å². The quantitative estimate of drug-likeness (QED) is 0.747. The molecule has 0 aromatic carbocycles. The number of hydrogen-bond acceptors (Lipinski definition) is 6. The molecule has 0 spiro atoms. The Bertz CT molecular complexity index is 1260. The third-order valence-corrected chi connectivity index (χ3v) is 4.27. The van der Waals surface area contributed by atoms with Crippen LogP contribution in [0.2, 0.25) is 0 Å².